The minimum absolute atomic E-state index is 0.000562. The maximum absolute atomic E-state index is 12.2. The third kappa shape index (κ3) is 2.83. The molecule has 25 heavy (non-hydrogen) atoms. The average molecular weight is 356 g/mol. The average Bonchev–Trinajstić information content (AvgIpc) is 3.27. The number of imide groups is 1. The molecule has 0 saturated carbocycles. The lowest BCUT2D eigenvalue weighted by Crippen LogP contribution is -2.34. The van der Waals surface area contributed by atoms with Gasteiger partial charge in [-0.1, -0.05) is 23.9 Å². The number of aliphatic hydroxyl groups excluding tert-OH is 1. The summed E-state index contributed by atoms with van der Waals surface area (Å²) in [5.74, 6) is -0.834. The number of nitrogens with one attached hydrogen (secondary N) is 1. The topological polar surface area (TPSA) is 85.2 Å². The molecular formula is C17H16N4O3S. The minimum atomic E-state index is -0.422. The van der Waals surface area contributed by atoms with E-state index >= 15 is 0 Å². The summed E-state index contributed by atoms with van der Waals surface area (Å²) in [5.41, 5.74) is 3.06. The van der Waals surface area contributed by atoms with Gasteiger partial charge in [-0.15, -0.1) is 0 Å². The van der Waals surface area contributed by atoms with Crippen molar-refractivity contribution >= 4 is 40.1 Å². The highest BCUT2D eigenvalue weighted by Crippen LogP contribution is 2.36. The number of thioether (sulfide) groups is 1. The van der Waals surface area contributed by atoms with Crippen LogP contribution in [0.5, 0.6) is 0 Å². The fourth-order valence-corrected chi connectivity index (χ4v) is 3.93. The van der Waals surface area contributed by atoms with Crippen molar-refractivity contribution < 1.29 is 14.7 Å². The first-order valence-corrected chi connectivity index (χ1v) is 8.80. The summed E-state index contributed by atoms with van der Waals surface area (Å²) in [5, 5.41) is 15.1. The summed E-state index contributed by atoms with van der Waals surface area (Å²) >= 11 is 1.61. The quantitative estimate of drug-likeness (QED) is 0.768. The first-order valence-electron chi connectivity index (χ1n) is 7.92. The van der Waals surface area contributed by atoms with Gasteiger partial charge in [0.2, 0.25) is 0 Å². The van der Waals surface area contributed by atoms with E-state index in [1.54, 1.807) is 11.8 Å². The molecule has 2 amide bonds. The van der Waals surface area contributed by atoms with Crippen LogP contribution in [0, 0.1) is 0 Å². The van der Waals surface area contributed by atoms with Gasteiger partial charge in [-0.3, -0.25) is 19.5 Å². The fourth-order valence-electron chi connectivity index (χ4n) is 2.97. The predicted octanol–water partition coefficient (Wildman–Crippen LogP) is 1.06. The van der Waals surface area contributed by atoms with Crippen LogP contribution in [-0.2, 0) is 9.59 Å². The molecule has 0 fully saturated rings. The van der Waals surface area contributed by atoms with E-state index in [0.717, 1.165) is 40.1 Å². The van der Waals surface area contributed by atoms with Crippen LogP contribution < -0.4 is 5.32 Å². The zero-order valence-corrected chi connectivity index (χ0v) is 14.1. The molecule has 0 aliphatic carbocycles. The van der Waals surface area contributed by atoms with Crippen LogP contribution in [-0.4, -0.2) is 58.1 Å². The van der Waals surface area contributed by atoms with Crippen LogP contribution in [0.2, 0.25) is 0 Å². The first kappa shape index (κ1) is 15.9. The van der Waals surface area contributed by atoms with E-state index in [0.29, 0.717) is 0 Å². The minimum Gasteiger partial charge on any atom is -0.395 e. The largest absolute Gasteiger partial charge is 0.395 e. The maximum atomic E-state index is 12.2. The van der Waals surface area contributed by atoms with Gasteiger partial charge in [-0.2, -0.15) is 0 Å². The zero-order valence-electron chi connectivity index (χ0n) is 13.3. The number of carbonyl (C=O) groups excluding carboxylic acids is 2. The maximum Gasteiger partial charge on any atom is 0.277 e. The molecule has 0 unspecified atom stereocenters. The second-order valence-electron chi connectivity index (χ2n) is 5.72. The van der Waals surface area contributed by atoms with E-state index < -0.39 is 11.8 Å². The van der Waals surface area contributed by atoms with Crippen molar-refractivity contribution in [3.63, 3.8) is 0 Å². The van der Waals surface area contributed by atoms with Gasteiger partial charge in [0, 0.05) is 29.3 Å². The number of benzene rings is 1. The number of rotatable bonds is 5. The summed E-state index contributed by atoms with van der Waals surface area (Å²) in [7, 11) is 0. The molecule has 2 N–H and O–H groups in total. The molecule has 3 aliphatic heterocycles. The molecule has 1 aromatic rings. The van der Waals surface area contributed by atoms with Crippen molar-refractivity contribution in [3.05, 3.63) is 47.0 Å². The molecular weight excluding hydrogens is 340 g/mol. The summed E-state index contributed by atoms with van der Waals surface area (Å²) in [6.45, 7) is 1.43. The Labute approximate surface area is 148 Å². The Bertz CT molecular complexity index is 846. The van der Waals surface area contributed by atoms with E-state index in [4.69, 9.17) is 5.11 Å². The Balaban J connectivity index is 1.53. The standard InChI is InChI=1S/C17H16N4O3S/c22-7-6-21-15(23)9-13(16(21)24)19-12-3-1-2-11(8-12)14-10-25-17-18-4-5-20(14)17/h1-3,8-10,19,22H,4-7H2. The molecule has 128 valence electrons. The van der Waals surface area contributed by atoms with Crippen LogP contribution in [0.15, 0.2) is 46.4 Å². The lowest BCUT2D eigenvalue weighted by molar-refractivity contribution is -0.137. The summed E-state index contributed by atoms with van der Waals surface area (Å²) in [6.07, 6.45) is 1.26. The molecule has 1 aromatic carbocycles. The van der Waals surface area contributed by atoms with Crippen molar-refractivity contribution in [2.45, 2.75) is 0 Å². The smallest absolute Gasteiger partial charge is 0.277 e. The highest BCUT2D eigenvalue weighted by Gasteiger charge is 2.31. The summed E-state index contributed by atoms with van der Waals surface area (Å²) < 4.78 is 0. The SMILES string of the molecule is O=C1C=C(Nc2cccc(C3=CSC4=NCCN34)c2)C(=O)N1CCO. The normalized spacial score (nSPS) is 19.2. The highest BCUT2D eigenvalue weighted by atomic mass is 32.2. The van der Waals surface area contributed by atoms with Crippen molar-refractivity contribution in [2.24, 2.45) is 4.99 Å². The monoisotopic (exact) mass is 356 g/mol. The molecule has 0 bridgehead atoms. The molecule has 0 spiro atoms. The number of aliphatic imine (C=N–C) groups is 1. The number of nitrogens with zero attached hydrogens (tertiary/aromatic N) is 3. The van der Waals surface area contributed by atoms with E-state index in [1.165, 1.54) is 6.08 Å². The number of carbonyl (C=O) groups is 2. The van der Waals surface area contributed by atoms with E-state index in [-0.39, 0.29) is 18.8 Å². The third-order valence-corrected chi connectivity index (χ3v) is 5.04. The lowest BCUT2D eigenvalue weighted by Gasteiger charge is -2.17. The van der Waals surface area contributed by atoms with Crippen molar-refractivity contribution in [1.82, 2.24) is 9.80 Å². The molecule has 0 radical (unpaired) electrons. The first-order chi connectivity index (χ1) is 12.2. The van der Waals surface area contributed by atoms with Crippen LogP contribution >= 0.6 is 11.8 Å². The van der Waals surface area contributed by atoms with Crippen LogP contribution in [0.4, 0.5) is 5.69 Å². The van der Waals surface area contributed by atoms with Gasteiger partial charge in [0.15, 0.2) is 5.17 Å². The summed E-state index contributed by atoms with van der Waals surface area (Å²) in [6, 6.07) is 7.70. The molecule has 0 saturated heterocycles. The fraction of sp³-hybridized carbons (Fsp3) is 0.235. The van der Waals surface area contributed by atoms with Crippen molar-refractivity contribution in [3.8, 4) is 0 Å². The molecule has 4 rings (SSSR count). The third-order valence-electron chi connectivity index (χ3n) is 4.14. The number of aliphatic hydroxyl groups is 1. The second kappa shape index (κ2) is 6.38. The van der Waals surface area contributed by atoms with E-state index in [2.05, 4.69) is 20.6 Å². The number of β-amino-alcohol motifs (C(OH)–C–C–N with tert-alkyl or cyclic N) is 1. The Kier molecular flexibility index (Phi) is 4.06. The number of amides is 2. The highest BCUT2D eigenvalue weighted by molar-refractivity contribution is 8.16. The van der Waals surface area contributed by atoms with Gasteiger partial charge in [0.25, 0.3) is 11.8 Å². The number of amidine groups is 1. The predicted molar refractivity (Wildman–Crippen MR) is 96.5 cm³/mol. The van der Waals surface area contributed by atoms with Crippen LogP contribution in [0.1, 0.15) is 5.56 Å². The number of fused-ring (bicyclic) bond motifs is 1. The second-order valence-corrected chi connectivity index (χ2v) is 6.56. The molecule has 7 nitrogen and oxygen atoms in total. The van der Waals surface area contributed by atoms with E-state index in [9.17, 15) is 9.59 Å². The number of hydrogen-bond donors (Lipinski definition) is 2. The zero-order chi connectivity index (χ0) is 17.4. The molecule has 3 aliphatic rings. The van der Waals surface area contributed by atoms with Crippen LogP contribution in [0.25, 0.3) is 5.70 Å². The van der Waals surface area contributed by atoms with Gasteiger partial charge < -0.3 is 15.3 Å². The van der Waals surface area contributed by atoms with Gasteiger partial charge in [-0.05, 0) is 12.1 Å². The number of hydrogen-bond acceptors (Lipinski definition) is 7. The Morgan fingerprint density at radius 1 is 1.32 bits per heavy atom. The van der Waals surface area contributed by atoms with E-state index in [1.807, 2.05) is 24.3 Å². The Morgan fingerprint density at radius 2 is 2.20 bits per heavy atom. The van der Waals surface area contributed by atoms with Crippen molar-refractivity contribution in [1.29, 1.82) is 0 Å². The molecule has 3 heterocycles. The number of anilines is 1. The molecule has 0 aromatic heterocycles. The Morgan fingerprint density at radius 3 is 3.04 bits per heavy atom. The van der Waals surface area contributed by atoms with Gasteiger partial charge >= 0.3 is 0 Å². The lowest BCUT2D eigenvalue weighted by atomic mass is 10.1. The van der Waals surface area contributed by atoms with Crippen LogP contribution in [0.3, 0.4) is 0 Å². The van der Waals surface area contributed by atoms with Crippen molar-refractivity contribution in [2.75, 3.05) is 31.6 Å². The van der Waals surface area contributed by atoms with Gasteiger partial charge in [0.05, 0.1) is 25.4 Å². The summed E-state index contributed by atoms with van der Waals surface area (Å²) in [4.78, 5) is 31.7. The van der Waals surface area contributed by atoms with Gasteiger partial charge in [-0.25, -0.2) is 0 Å². The molecule has 0 atom stereocenters. The Hall–Kier alpha value is -2.58. The van der Waals surface area contributed by atoms with Gasteiger partial charge in [0.1, 0.15) is 5.70 Å². The molecule has 8 heteroatoms.